The Bertz CT molecular complexity index is 280. The van der Waals surface area contributed by atoms with Gasteiger partial charge in [-0.15, -0.1) is 0 Å². The lowest BCUT2D eigenvalue weighted by Crippen LogP contribution is -2.32. The summed E-state index contributed by atoms with van der Waals surface area (Å²) in [6.07, 6.45) is 7.13. The molecule has 0 amide bonds. The summed E-state index contributed by atoms with van der Waals surface area (Å²) < 4.78 is 5.36. The van der Waals surface area contributed by atoms with Crippen LogP contribution in [0.25, 0.3) is 0 Å². The third-order valence-corrected chi connectivity index (χ3v) is 3.91. The molecule has 0 heterocycles. The summed E-state index contributed by atoms with van der Waals surface area (Å²) >= 11 is 0. The maximum atomic E-state index is 12.0. The van der Waals surface area contributed by atoms with Crippen molar-refractivity contribution >= 4 is 5.78 Å². The summed E-state index contributed by atoms with van der Waals surface area (Å²) in [4.78, 5) is 12.0. The minimum atomic E-state index is -0.140. The van der Waals surface area contributed by atoms with Crippen molar-refractivity contribution in [3.8, 4) is 0 Å². The van der Waals surface area contributed by atoms with Crippen molar-refractivity contribution in [3.05, 3.63) is 11.6 Å². The standard InChI is InChI=1S/C12H18O2/c1-9-4-3-5-11(13)12(9)7-6-10(8-12)14-2/h4,10H,3,5-8H2,1-2H3/t10-,12-/m0/s1. The zero-order chi connectivity index (χ0) is 10.2. The van der Waals surface area contributed by atoms with Gasteiger partial charge in [0.25, 0.3) is 0 Å². The van der Waals surface area contributed by atoms with Crippen molar-refractivity contribution in [1.29, 1.82) is 0 Å². The third-order valence-electron chi connectivity index (χ3n) is 3.91. The Balaban J connectivity index is 2.25. The van der Waals surface area contributed by atoms with Crippen LogP contribution < -0.4 is 0 Å². The summed E-state index contributed by atoms with van der Waals surface area (Å²) in [6.45, 7) is 2.11. The van der Waals surface area contributed by atoms with Crippen molar-refractivity contribution < 1.29 is 9.53 Å². The minimum Gasteiger partial charge on any atom is -0.381 e. The highest BCUT2D eigenvalue weighted by Crippen LogP contribution is 2.48. The Morgan fingerprint density at radius 3 is 2.93 bits per heavy atom. The Morgan fingerprint density at radius 2 is 2.36 bits per heavy atom. The first-order chi connectivity index (χ1) is 6.69. The molecule has 0 aromatic heterocycles. The molecule has 2 atom stereocenters. The van der Waals surface area contributed by atoms with Crippen LogP contribution in [-0.2, 0) is 9.53 Å². The Labute approximate surface area is 85.3 Å². The number of methoxy groups -OCH3 is 1. The van der Waals surface area contributed by atoms with Gasteiger partial charge in [0.1, 0.15) is 5.78 Å². The van der Waals surface area contributed by atoms with Crippen LogP contribution in [-0.4, -0.2) is 19.0 Å². The van der Waals surface area contributed by atoms with Crippen molar-refractivity contribution in [2.75, 3.05) is 7.11 Å². The summed E-state index contributed by atoms with van der Waals surface area (Å²) in [5.41, 5.74) is 1.15. The van der Waals surface area contributed by atoms with E-state index in [9.17, 15) is 4.79 Å². The van der Waals surface area contributed by atoms with E-state index >= 15 is 0 Å². The molecule has 1 saturated carbocycles. The molecule has 0 aromatic carbocycles. The lowest BCUT2D eigenvalue weighted by molar-refractivity contribution is -0.127. The Hall–Kier alpha value is -0.630. The number of carbonyl (C=O) groups excluding carboxylic acids is 1. The van der Waals surface area contributed by atoms with Gasteiger partial charge in [-0.25, -0.2) is 0 Å². The van der Waals surface area contributed by atoms with Crippen molar-refractivity contribution in [3.63, 3.8) is 0 Å². The van der Waals surface area contributed by atoms with Gasteiger partial charge in [0, 0.05) is 13.5 Å². The molecular formula is C12H18O2. The Kier molecular flexibility index (Phi) is 2.48. The highest BCUT2D eigenvalue weighted by molar-refractivity contribution is 5.89. The van der Waals surface area contributed by atoms with Gasteiger partial charge in [-0.3, -0.25) is 4.79 Å². The summed E-state index contributed by atoms with van der Waals surface area (Å²) in [6, 6.07) is 0. The summed E-state index contributed by atoms with van der Waals surface area (Å²) in [5.74, 6) is 0.442. The second kappa shape index (κ2) is 3.50. The Morgan fingerprint density at radius 1 is 1.57 bits per heavy atom. The van der Waals surface area contributed by atoms with Crippen LogP contribution in [0.3, 0.4) is 0 Å². The van der Waals surface area contributed by atoms with Crippen LogP contribution in [0.5, 0.6) is 0 Å². The minimum absolute atomic E-state index is 0.140. The highest BCUT2D eigenvalue weighted by atomic mass is 16.5. The van der Waals surface area contributed by atoms with Crippen LogP contribution in [0.2, 0.25) is 0 Å². The first-order valence-corrected chi connectivity index (χ1v) is 5.42. The topological polar surface area (TPSA) is 26.3 Å². The molecule has 0 unspecified atom stereocenters. The number of ketones is 1. The van der Waals surface area contributed by atoms with Crippen molar-refractivity contribution in [2.24, 2.45) is 5.41 Å². The fourth-order valence-corrected chi connectivity index (χ4v) is 2.89. The molecule has 2 rings (SSSR count). The molecule has 2 aliphatic carbocycles. The number of hydrogen-bond acceptors (Lipinski definition) is 2. The molecule has 14 heavy (non-hydrogen) atoms. The average Bonchev–Trinajstić information content (AvgIpc) is 2.60. The predicted molar refractivity (Wildman–Crippen MR) is 55.1 cm³/mol. The fraction of sp³-hybridized carbons (Fsp3) is 0.750. The predicted octanol–water partition coefficient (Wildman–Crippen LogP) is 2.48. The van der Waals surface area contributed by atoms with E-state index < -0.39 is 0 Å². The number of hydrogen-bond donors (Lipinski definition) is 0. The second-order valence-electron chi connectivity index (χ2n) is 4.53. The second-order valence-corrected chi connectivity index (χ2v) is 4.53. The van der Waals surface area contributed by atoms with Crippen LogP contribution in [0.4, 0.5) is 0 Å². The molecule has 2 aliphatic rings. The van der Waals surface area contributed by atoms with Crippen molar-refractivity contribution in [2.45, 2.75) is 45.1 Å². The molecule has 2 nitrogen and oxygen atoms in total. The van der Waals surface area contributed by atoms with Crippen LogP contribution in [0.1, 0.15) is 39.0 Å². The number of carbonyl (C=O) groups is 1. The van der Waals surface area contributed by atoms with Crippen LogP contribution in [0.15, 0.2) is 11.6 Å². The van der Waals surface area contributed by atoms with E-state index in [2.05, 4.69) is 13.0 Å². The van der Waals surface area contributed by atoms with Gasteiger partial charge in [0.05, 0.1) is 11.5 Å². The molecule has 0 radical (unpaired) electrons. The summed E-state index contributed by atoms with van der Waals surface area (Å²) in [7, 11) is 1.75. The molecular weight excluding hydrogens is 176 g/mol. The van der Waals surface area contributed by atoms with Crippen molar-refractivity contribution in [1.82, 2.24) is 0 Å². The number of rotatable bonds is 1. The van der Waals surface area contributed by atoms with E-state index in [1.165, 1.54) is 5.57 Å². The van der Waals surface area contributed by atoms with Gasteiger partial charge in [-0.2, -0.15) is 0 Å². The van der Waals surface area contributed by atoms with E-state index in [1.807, 2.05) is 0 Å². The molecule has 1 fully saturated rings. The lowest BCUT2D eigenvalue weighted by atomic mass is 9.71. The maximum absolute atomic E-state index is 12.0. The van der Waals surface area contributed by atoms with Gasteiger partial charge in [0.15, 0.2) is 0 Å². The average molecular weight is 194 g/mol. The first kappa shape index (κ1) is 9.91. The largest absolute Gasteiger partial charge is 0.381 e. The van der Waals surface area contributed by atoms with Gasteiger partial charge in [-0.05, 0) is 32.6 Å². The normalized spacial score (nSPS) is 37.7. The monoisotopic (exact) mass is 194 g/mol. The van der Waals surface area contributed by atoms with E-state index in [0.29, 0.717) is 11.9 Å². The van der Waals surface area contributed by atoms with E-state index in [1.54, 1.807) is 7.11 Å². The SMILES string of the molecule is CO[C@H]1CC[C@@]2(C1)C(=O)CCC=C2C. The molecule has 1 spiro atoms. The number of Topliss-reactive ketones (excluding diaryl/α,β-unsaturated/α-hetero) is 1. The molecule has 2 heteroatoms. The smallest absolute Gasteiger partial charge is 0.143 e. The molecule has 0 aliphatic heterocycles. The number of ether oxygens (including phenoxy) is 1. The summed E-state index contributed by atoms with van der Waals surface area (Å²) in [5, 5.41) is 0. The quantitative estimate of drug-likeness (QED) is 0.599. The van der Waals surface area contributed by atoms with E-state index in [0.717, 1.165) is 32.1 Å². The van der Waals surface area contributed by atoms with Crippen LogP contribution >= 0.6 is 0 Å². The van der Waals surface area contributed by atoms with Crippen LogP contribution in [0, 0.1) is 5.41 Å². The zero-order valence-electron chi connectivity index (χ0n) is 9.01. The van der Waals surface area contributed by atoms with E-state index in [4.69, 9.17) is 4.74 Å². The number of allylic oxidation sites excluding steroid dienone is 2. The maximum Gasteiger partial charge on any atom is 0.143 e. The van der Waals surface area contributed by atoms with Gasteiger partial charge < -0.3 is 4.74 Å². The van der Waals surface area contributed by atoms with Gasteiger partial charge in [-0.1, -0.05) is 11.6 Å². The third kappa shape index (κ3) is 1.33. The zero-order valence-corrected chi connectivity index (χ0v) is 9.01. The first-order valence-electron chi connectivity index (χ1n) is 5.42. The molecule has 0 saturated heterocycles. The molecule has 0 N–H and O–H groups in total. The molecule has 0 aromatic rings. The van der Waals surface area contributed by atoms with Gasteiger partial charge in [0.2, 0.25) is 0 Å². The highest BCUT2D eigenvalue weighted by Gasteiger charge is 2.46. The molecule has 0 bridgehead atoms. The molecule has 78 valence electrons. The van der Waals surface area contributed by atoms with Gasteiger partial charge >= 0.3 is 0 Å². The lowest BCUT2D eigenvalue weighted by Gasteiger charge is -2.32. The fourth-order valence-electron chi connectivity index (χ4n) is 2.89. The van der Waals surface area contributed by atoms with E-state index in [-0.39, 0.29) is 5.41 Å².